The van der Waals surface area contributed by atoms with E-state index in [-0.39, 0.29) is 11.3 Å². The molecule has 0 unspecified atom stereocenters. The van der Waals surface area contributed by atoms with Crippen molar-refractivity contribution in [1.29, 1.82) is 0 Å². The van der Waals surface area contributed by atoms with E-state index < -0.39 is 32.6 Å². The van der Waals surface area contributed by atoms with Crippen molar-refractivity contribution in [3.8, 4) is 11.3 Å². The maximum absolute atomic E-state index is 13.1. The first kappa shape index (κ1) is 31.8. The summed E-state index contributed by atoms with van der Waals surface area (Å²) in [7, 11) is -4.27. The molecule has 1 aromatic heterocycles. The zero-order valence-corrected chi connectivity index (χ0v) is 25.3. The summed E-state index contributed by atoms with van der Waals surface area (Å²) in [5, 5.41) is 10.1. The van der Waals surface area contributed by atoms with Gasteiger partial charge in [-0.3, -0.25) is 4.72 Å². The number of aromatic nitrogens is 2. The first-order valence-corrected chi connectivity index (χ1v) is 15.4. The second-order valence-corrected chi connectivity index (χ2v) is 12.4. The van der Waals surface area contributed by atoms with Gasteiger partial charge in [0.15, 0.2) is 0 Å². The monoisotopic (exact) mass is 671 g/mol. The Balaban J connectivity index is 1.39. The predicted molar refractivity (Wildman–Crippen MR) is 168 cm³/mol. The maximum Gasteiger partial charge on any atom is 0.416 e. The minimum absolute atomic E-state index is 0.163. The molecule has 230 valence electrons. The SMILES string of the molecule is O=C(O)c1ccc(Cn2cc(-c3ccc(Cl)cc3Cl)nc2/C=C/c2ccc(NS(=O)(=O)c3cccc(C(F)(F)F)c3)cc2)cc1. The molecule has 0 fully saturated rings. The Morgan fingerprint density at radius 1 is 0.933 bits per heavy atom. The summed E-state index contributed by atoms with van der Waals surface area (Å²) in [5.74, 6) is -0.477. The van der Waals surface area contributed by atoms with Gasteiger partial charge in [-0.25, -0.2) is 18.2 Å². The van der Waals surface area contributed by atoms with Gasteiger partial charge >= 0.3 is 12.1 Å². The fraction of sp³-hybridized carbons (Fsp3) is 0.0625. The quantitative estimate of drug-likeness (QED) is 0.163. The van der Waals surface area contributed by atoms with Gasteiger partial charge in [0.1, 0.15) is 5.82 Å². The van der Waals surface area contributed by atoms with Crippen LogP contribution in [0, 0.1) is 0 Å². The van der Waals surface area contributed by atoms with Crippen molar-refractivity contribution in [2.45, 2.75) is 17.6 Å². The van der Waals surface area contributed by atoms with Gasteiger partial charge in [0.25, 0.3) is 10.0 Å². The fourth-order valence-corrected chi connectivity index (χ4v) is 5.96. The number of carbonyl (C=O) groups is 1. The number of hydrogen-bond acceptors (Lipinski definition) is 4. The molecule has 0 radical (unpaired) electrons. The standard InChI is InChI=1S/C32H22Cl2F3N3O4S/c33-24-11-14-27(28(34)17-24)29-19-40(18-21-4-9-22(10-5-21)31(41)42)30(38-29)15-8-20-6-12-25(13-7-20)39-45(43,44)26-3-1-2-23(16-26)32(35,36)37/h1-17,19,39H,18H2,(H,41,42)/b15-8+. The molecule has 5 aromatic rings. The Morgan fingerprint density at radius 3 is 2.29 bits per heavy atom. The number of aromatic carboxylic acids is 1. The summed E-state index contributed by atoms with van der Waals surface area (Å²) < 4.78 is 68.8. The number of benzene rings is 4. The summed E-state index contributed by atoms with van der Waals surface area (Å²) in [6, 6.07) is 21.3. The molecule has 0 saturated heterocycles. The summed E-state index contributed by atoms with van der Waals surface area (Å²) in [5.41, 5.74) is 2.02. The van der Waals surface area contributed by atoms with E-state index in [2.05, 4.69) is 4.72 Å². The molecule has 0 aliphatic heterocycles. The second-order valence-electron chi connectivity index (χ2n) is 9.82. The van der Waals surface area contributed by atoms with Crippen molar-refractivity contribution >= 4 is 57.0 Å². The largest absolute Gasteiger partial charge is 0.478 e. The molecule has 0 bridgehead atoms. The summed E-state index contributed by atoms with van der Waals surface area (Å²) in [6.45, 7) is 0.369. The molecule has 2 N–H and O–H groups in total. The smallest absolute Gasteiger partial charge is 0.416 e. The van der Waals surface area contributed by atoms with Crippen LogP contribution in [0.5, 0.6) is 0 Å². The van der Waals surface area contributed by atoms with Crippen molar-refractivity contribution in [1.82, 2.24) is 9.55 Å². The Kier molecular flexibility index (Phi) is 9.06. The first-order valence-electron chi connectivity index (χ1n) is 13.1. The third kappa shape index (κ3) is 7.75. The lowest BCUT2D eigenvalue weighted by Gasteiger charge is -2.11. The van der Waals surface area contributed by atoms with Crippen molar-refractivity contribution in [3.63, 3.8) is 0 Å². The molecule has 0 spiro atoms. The molecule has 4 aromatic carbocycles. The van der Waals surface area contributed by atoms with Gasteiger partial charge < -0.3 is 9.67 Å². The van der Waals surface area contributed by atoms with Gasteiger partial charge in [-0.15, -0.1) is 0 Å². The van der Waals surface area contributed by atoms with E-state index in [1.807, 2.05) is 10.8 Å². The molecule has 45 heavy (non-hydrogen) atoms. The van der Waals surface area contributed by atoms with Crippen molar-refractivity contribution in [3.05, 3.63) is 135 Å². The molecule has 0 atom stereocenters. The van der Waals surface area contributed by atoms with Crippen LogP contribution in [-0.2, 0) is 22.7 Å². The third-order valence-electron chi connectivity index (χ3n) is 6.63. The maximum atomic E-state index is 13.1. The van der Waals surface area contributed by atoms with Gasteiger partial charge in [0.2, 0.25) is 0 Å². The number of nitrogens with one attached hydrogen (secondary N) is 1. The highest BCUT2D eigenvalue weighted by molar-refractivity contribution is 7.92. The predicted octanol–water partition coefficient (Wildman–Crippen LogP) is 8.59. The van der Waals surface area contributed by atoms with Crippen molar-refractivity contribution in [2.75, 3.05) is 4.72 Å². The first-order chi connectivity index (χ1) is 21.3. The molecule has 0 aliphatic rings. The molecule has 0 amide bonds. The lowest BCUT2D eigenvalue weighted by atomic mass is 10.1. The van der Waals surface area contributed by atoms with Crippen LogP contribution in [0.15, 0.2) is 102 Å². The minimum Gasteiger partial charge on any atom is -0.478 e. The summed E-state index contributed by atoms with van der Waals surface area (Å²) >= 11 is 12.5. The van der Waals surface area contributed by atoms with Crippen LogP contribution in [0.4, 0.5) is 18.9 Å². The minimum atomic E-state index is -4.68. The van der Waals surface area contributed by atoms with E-state index >= 15 is 0 Å². The number of carboxylic acids is 1. The number of sulfonamides is 1. The summed E-state index contributed by atoms with van der Waals surface area (Å²) in [6.07, 6.45) is 0.637. The Bertz CT molecular complexity index is 2010. The van der Waals surface area contributed by atoms with Gasteiger partial charge in [-0.2, -0.15) is 13.2 Å². The Hall–Kier alpha value is -4.58. The van der Waals surface area contributed by atoms with Crippen LogP contribution in [0.3, 0.4) is 0 Å². The molecule has 0 saturated carbocycles. The van der Waals surface area contributed by atoms with E-state index in [0.717, 1.165) is 23.8 Å². The van der Waals surface area contributed by atoms with Crippen LogP contribution >= 0.6 is 23.2 Å². The normalized spacial score (nSPS) is 12.0. The highest BCUT2D eigenvalue weighted by Gasteiger charge is 2.31. The molecular formula is C32H22Cl2F3N3O4S. The van der Waals surface area contributed by atoms with Crippen molar-refractivity contribution < 1.29 is 31.5 Å². The number of carboxylic acid groups (broad SMARTS) is 1. The molecule has 1 heterocycles. The topological polar surface area (TPSA) is 101 Å². The van der Waals surface area contributed by atoms with Gasteiger partial charge in [0.05, 0.1) is 26.7 Å². The average Bonchev–Trinajstić information content (AvgIpc) is 3.38. The molecule has 0 aliphatic carbocycles. The fourth-order valence-electron chi connectivity index (χ4n) is 4.35. The highest BCUT2D eigenvalue weighted by Crippen LogP contribution is 2.32. The highest BCUT2D eigenvalue weighted by atomic mass is 35.5. The van der Waals surface area contributed by atoms with Crippen LogP contribution in [-0.4, -0.2) is 29.0 Å². The second kappa shape index (κ2) is 12.8. The number of rotatable bonds is 9. The summed E-state index contributed by atoms with van der Waals surface area (Å²) in [4.78, 5) is 15.5. The zero-order valence-electron chi connectivity index (χ0n) is 23.0. The Labute approximate surface area is 266 Å². The van der Waals surface area contributed by atoms with Gasteiger partial charge in [0, 0.05) is 29.0 Å². The molecule has 13 heteroatoms. The Morgan fingerprint density at radius 2 is 1.64 bits per heavy atom. The lowest BCUT2D eigenvalue weighted by Crippen LogP contribution is -2.14. The van der Waals surface area contributed by atoms with Gasteiger partial charge in [-0.1, -0.05) is 59.6 Å². The number of halogens is 5. The van der Waals surface area contributed by atoms with Crippen LogP contribution < -0.4 is 4.72 Å². The van der Waals surface area contributed by atoms with E-state index in [1.165, 1.54) is 24.3 Å². The van der Waals surface area contributed by atoms with Crippen LogP contribution in [0.25, 0.3) is 23.4 Å². The lowest BCUT2D eigenvalue weighted by molar-refractivity contribution is -0.137. The number of nitrogens with zero attached hydrogens (tertiary/aromatic N) is 2. The van der Waals surface area contributed by atoms with E-state index in [1.54, 1.807) is 54.6 Å². The molecule has 5 rings (SSSR count). The zero-order chi connectivity index (χ0) is 32.4. The number of anilines is 1. The van der Waals surface area contributed by atoms with E-state index in [4.69, 9.17) is 28.2 Å². The molecular weight excluding hydrogens is 650 g/mol. The third-order valence-corrected chi connectivity index (χ3v) is 8.55. The molecule has 7 nitrogen and oxygen atoms in total. The van der Waals surface area contributed by atoms with E-state index in [9.17, 15) is 31.5 Å². The van der Waals surface area contributed by atoms with Crippen molar-refractivity contribution in [2.24, 2.45) is 0 Å². The van der Waals surface area contributed by atoms with E-state index in [0.29, 0.717) is 45.3 Å². The van der Waals surface area contributed by atoms with Crippen LogP contribution in [0.1, 0.15) is 32.9 Å². The number of alkyl halides is 3. The average molecular weight is 673 g/mol. The van der Waals surface area contributed by atoms with Crippen LogP contribution in [0.2, 0.25) is 10.0 Å². The number of imidazole rings is 1. The van der Waals surface area contributed by atoms with Gasteiger partial charge in [-0.05, 0) is 77.9 Å². The number of hydrogen-bond donors (Lipinski definition) is 2.